The highest BCUT2D eigenvalue weighted by atomic mass is 19.3. The molecule has 1 aliphatic heterocycles. The predicted octanol–water partition coefficient (Wildman–Crippen LogP) is 3.62. The second-order valence-corrected chi connectivity index (χ2v) is 9.12. The van der Waals surface area contributed by atoms with Crippen LogP contribution in [0.15, 0.2) is 42.7 Å². The average molecular weight is 498 g/mol. The fourth-order valence-electron chi connectivity index (χ4n) is 3.76. The average Bonchev–Trinajstić information content (AvgIpc) is 2.84. The van der Waals surface area contributed by atoms with Gasteiger partial charge in [-0.15, -0.1) is 0 Å². The summed E-state index contributed by atoms with van der Waals surface area (Å²) in [4.78, 5) is 25.5. The molecule has 1 atom stereocenters. The molecule has 1 aromatic carbocycles. The molecule has 11 heteroatoms. The molecule has 0 aliphatic carbocycles. The van der Waals surface area contributed by atoms with Crippen LogP contribution in [0.4, 0.5) is 31.9 Å². The van der Waals surface area contributed by atoms with Crippen molar-refractivity contribution in [1.29, 1.82) is 0 Å². The number of amides is 1. The van der Waals surface area contributed by atoms with E-state index in [9.17, 15) is 18.7 Å². The molecular weight excluding hydrogens is 468 g/mol. The Morgan fingerprint density at radius 1 is 1.11 bits per heavy atom. The SMILES string of the molecule is CC(C)NC(=O)c1cnc(Nc2ccc3c(c2)CCNC3)nc1Nc1ccnc(C(C)(O)C(F)F)c1. The molecule has 5 N–H and O–H groups in total. The van der Waals surface area contributed by atoms with Gasteiger partial charge in [-0.1, -0.05) is 6.07 Å². The lowest BCUT2D eigenvalue weighted by atomic mass is 10.0. The van der Waals surface area contributed by atoms with Gasteiger partial charge < -0.3 is 26.4 Å². The Balaban J connectivity index is 1.65. The molecule has 3 aromatic rings. The van der Waals surface area contributed by atoms with E-state index >= 15 is 0 Å². The summed E-state index contributed by atoms with van der Waals surface area (Å²) in [5.74, 6) is 0.0252. The molecule has 0 spiro atoms. The van der Waals surface area contributed by atoms with Crippen molar-refractivity contribution in [3.8, 4) is 0 Å². The molecule has 4 rings (SSSR count). The molecule has 190 valence electrons. The third-order valence-corrected chi connectivity index (χ3v) is 5.77. The van der Waals surface area contributed by atoms with Crippen molar-refractivity contribution in [2.75, 3.05) is 17.2 Å². The zero-order valence-corrected chi connectivity index (χ0v) is 20.3. The first-order valence-corrected chi connectivity index (χ1v) is 11.6. The summed E-state index contributed by atoms with van der Waals surface area (Å²) in [6.45, 7) is 6.38. The minimum Gasteiger partial charge on any atom is -0.378 e. The Morgan fingerprint density at radius 3 is 2.64 bits per heavy atom. The molecule has 1 unspecified atom stereocenters. The number of aromatic nitrogens is 3. The summed E-state index contributed by atoms with van der Waals surface area (Å²) in [5.41, 5.74) is 1.13. The topological polar surface area (TPSA) is 124 Å². The molecule has 3 heterocycles. The largest absolute Gasteiger partial charge is 0.378 e. The number of alkyl halides is 2. The van der Waals surface area contributed by atoms with E-state index in [0.717, 1.165) is 32.1 Å². The van der Waals surface area contributed by atoms with E-state index in [-0.39, 0.29) is 29.1 Å². The number of benzene rings is 1. The summed E-state index contributed by atoms with van der Waals surface area (Å²) in [7, 11) is 0. The number of carbonyl (C=O) groups excluding carboxylic acids is 1. The number of carbonyl (C=O) groups is 1. The number of fused-ring (bicyclic) bond motifs is 1. The van der Waals surface area contributed by atoms with Crippen molar-refractivity contribution in [3.05, 3.63) is 65.1 Å². The highest BCUT2D eigenvalue weighted by Crippen LogP contribution is 2.29. The minimum absolute atomic E-state index is 0.123. The van der Waals surface area contributed by atoms with Gasteiger partial charge in [0.15, 0.2) is 5.60 Å². The maximum absolute atomic E-state index is 13.3. The van der Waals surface area contributed by atoms with Crippen LogP contribution in [-0.2, 0) is 18.6 Å². The molecule has 0 saturated heterocycles. The normalized spacial score (nSPS) is 14.8. The van der Waals surface area contributed by atoms with Crippen LogP contribution in [0.5, 0.6) is 0 Å². The van der Waals surface area contributed by atoms with Gasteiger partial charge in [0.1, 0.15) is 11.4 Å². The molecule has 36 heavy (non-hydrogen) atoms. The van der Waals surface area contributed by atoms with Crippen LogP contribution in [0, 0.1) is 0 Å². The molecule has 0 radical (unpaired) electrons. The first kappa shape index (κ1) is 25.4. The first-order valence-electron chi connectivity index (χ1n) is 11.6. The smallest absolute Gasteiger partial charge is 0.272 e. The second-order valence-electron chi connectivity index (χ2n) is 9.12. The maximum Gasteiger partial charge on any atom is 0.272 e. The number of halogens is 2. The van der Waals surface area contributed by atoms with Crippen LogP contribution < -0.4 is 21.3 Å². The van der Waals surface area contributed by atoms with Crippen LogP contribution in [0.3, 0.4) is 0 Å². The lowest BCUT2D eigenvalue weighted by Crippen LogP contribution is -2.31. The monoisotopic (exact) mass is 497 g/mol. The van der Waals surface area contributed by atoms with E-state index in [1.807, 2.05) is 32.0 Å². The molecule has 1 amide bonds. The van der Waals surface area contributed by atoms with Crippen LogP contribution in [-0.4, -0.2) is 45.0 Å². The summed E-state index contributed by atoms with van der Waals surface area (Å²) in [6.07, 6.45) is 0.578. The van der Waals surface area contributed by atoms with Crippen LogP contribution >= 0.6 is 0 Å². The Hall–Kier alpha value is -3.70. The quantitative estimate of drug-likeness (QED) is 0.320. The van der Waals surface area contributed by atoms with Gasteiger partial charge >= 0.3 is 0 Å². The molecule has 0 saturated carbocycles. The molecular formula is C25H29F2N7O2. The summed E-state index contributed by atoms with van der Waals surface area (Å²) >= 11 is 0. The number of rotatable bonds is 8. The fraction of sp³-hybridized carbons (Fsp3) is 0.360. The molecule has 2 aromatic heterocycles. The third kappa shape index (κ3) is 5.74. The summed E-state index contributed by atoms with van der Waals surface area (Å²) in [5, 5.41) is 22.5. The maximum atomic E-state index is 13.3. The highest BCUT2D eigenvalue weighted by Gasteiger charge is 2.36. The first-order chi connectivity index (χ1) is 17.1. The highest BCUT2D eigenvalue weighted by molar-refractivity contribution is 5.99. The number of nitrogens with one attached hydrogen (secondary N) is 4. The lowest BCUT2D eigenvalue weighted by molar-refractivity contribution is -0.0910. The number of nitrogens with zero attached hydrogens (tertiary/aromatic N) is 3. The minimum atomic E-state index is -3.03. The van der Waals surface area contributed by atoms with Gasteiger partial charge in [0.25, 0.3) is 12.3 Å². The van der Waals surface area contributed by atoms with Crippen molar-refractivity contribution < 1.29 is 18.7 Å². The number of hydrogen-bond donors (Lipinski definition) is 5. The van der Waals surface area contributed by atoms with E-state index < -0.39 is 17.9 Å². The zero-order valence-electron chi connectivity index (χ0n) is 20.3. The predicted molar refractivity (Wildman–Crippen MR) is 133 cm³/mol. The molecule has 1 aliphatic rings. The Morgan fingerprint density at radius 2 is 1.89 bits per heavy atom. The van der Waals surface area contributed by atoms with Crippen molar-refractivity contribution in [2.24, 2.45) is 0 Å². The fourth-order valence-corrected chi connectivity index (χ4v) is 3.76. The summed E-state index contributed by atoms with van der Waals surface area (Å²) in [6, 6.07) is 8.73. The van der Waals surface area contributed by atoms with Gasteiger partial charge in [0.2, 0.25) is 5.95 Å². The van der Waals surface area contributed by atoms with Gasteiger partial charge in [-0.3, -0.25) is 9.78 Å². The van der Waals surface area contributed by atoms with Gasteiger partial charge in [0.05, 0.1) is 5.69 Å². The Bertz CT molecular complexity index is 1250. The number of pyridine rings is 1. The molecule has 9 nitrogen and oxygen atoms in total. The number of anilines is 4. The van der Waals surface area contributed by atoms with Crippen molar-refractivity contribution in [2.45, 2.75) is 51.8 Å². The second kappa shape index (κ2) is 10.5. The summed E-state index contributed by atoms with van der Waals surface area (Å²) < 4.78 is 26.6. The lowest BCUT2D eigenvalue weighted by Gasteiger charge is -2.22. The van der Waals surface area contributed by atoms with Crippen molar-refractivity contribution in [3.63, 3.8) is 0 Å². The third-order valence-electron chi connectivity index (χ3n) is 5.77. The standard InChI is InChI=1S/C25H29F2N7O2/c1-14(2)31-22(35)19-13-30-24(33-17-5-4-16-12-28-8-6-15(16)10-17)34-21(19)32-18-7-9-29-20(11-18)25(3,36)23(26)27/h4-5,7,9-11,13-14,23,28,36H,6,8,12H2,1-3H3,(H,31,35)(H2,29,30,32,33,34). The van der Waals surface area contributed by atoms with E-state index in [0.29, 0.717) is 5.69 Å². The number of hydrogen-bond acceptors (Lipinski definition) is 8. The van der Waals surface area contributed by atoms with E-state index in [1.54, 1.807) is 0 Å². The van der Waals surface area contributed by atoms with E-state index in [4.69, 9.17) is 0 Å². The van der Waals surface area contributed by atoms with Crippen LogP contribution in [0.25, 0.3) is 0 Å². The Kier molecular flexibility index (Phi) is 7.41. The zero-order chi connectivity index (χ0) is 25.9. The molecule has 0 bridgehead atoms. The Labute approximate surface area is 207 Å². The van der Waals surface area contributed by atoms with Crippen LogP contribution in [0.2, 0.25) is 0 Å². The van der Waals surface area contributed by atoms with Gasteiger partial charge in [0, 0.05) is 36.4 Å². The van der Waals surface area contributed by atoms with Crippen molar-refractivity contribution in [1.82, 2.24) is 25.6 Å². The van der Waals surface area contributed by atoms with Crippen molar-refractivity contribution >= 4 is 29.0 Å². The molecule has 0 fully saturated rings. The van der Waals surface area contributed by atoms with Gasteiger partial charge in [-0.2, -0.15) is 4.98 Å². The van der Waals surface area contributed by atoms with Gasteiger partial charge in [-0.25, -0.2) is 13.8 Å². The van der Waals surface area contributed by atoms with Crippen LogP contribution in [0.1, 0.15) is 48.0 Å². The van der Waals surface area contributed by atoms with Gasteiger partial charge in [-0.05, 0) is 69.1 Å². The van der Waals surface area contributed by atoms with E-state index in [1.165, 1.54) is 35.7 Å². The number of aliphatic hydroxyl groups is 1. The van der Waals surface area contributed by atoms with E-state index in [2.05, 4.69) is 36.2 Å².